The summed E-state index contributed by atoms with van der Waals surface area (Å²) < 4.78 is 36.2. The molecule has 1 heterocycles. The summed E-state index contributed by atoms with van der Waals surface area (Å²) in [6.07, 6.45) is -4.54. The molecule has 0 bridgehead atoms. The minimum absolute atomic E-state index is 0.0719. The molecule has 0 aliphatic rings. The van der Waals surface area contributed by atoms with E-state index in [1.54, 1.807) is 12.3 Å². The fourth-order valence-corrected chi connectivity index (χ4v) is 1.97. The molecule has 0 fully saturated rings. The first-order chi connectivity index (χ1) is 6.74. The van der Waals surface area contributed by atoms with Crippen LogP contribution in [0.15, 0.2) is 5.38 Å². The average molecular weight is 238 g/mol. The summed E-state index contributed by atoms with van der Waals surface area (Å²) in [5.74, 6) is 0. The molecule has 0 amide bonds. The van der Waals surface area contributed by atoms with E-state index in [0.717, 1.165) is 11.3 Å². The molecule has 15 heavy (non-hydrogen) atoms. The zero-order chi connectivity index (χ0) is 11.7. The quantitative estimate of drug-likeness (QED) is 0.879. The van der Waals surface area contributed by atoms with Crippen molar-refractivity contribution in [1.29, 1.82) is 0 Å². The van der Waals surface area contributed by atoms with Crippen LogP contribution < -0.4 is 5.73 Å². The second-order valence-corrected chi connectivity index (χ2v) is 4.63. The number of hydrogen-bond acceptors (Lipinski definition) is 3. The Balaban J connectivity index is 2.81. The minimum atomic E-state index is -4.20. The molecule has 86 valence electrons. The van der Waals surface area contributed by atoms with Crippen molar-refractivity contribution in [3.05, 3.63) is 16.1 Å². The van der Waals surface area contributed by atoms with Gasteiger partial charge in [0.15, 0.2) is 0 Å². The lowest BCUT2D eigenvalue weighted by atomic mass is 9.97. The Labute approximate surface area is 90.3 Å². The lowest BCUT2D eigenvalue weighted by Crippen LogP contribution is -2.32. The third-order valence-electron chi connectivity index (χ3n) is 2.22. The molecule has 0 radical (unpaired) electrons. The van der Waals surface area contributed by atoms with Crippen molar-refractivity contribution >= 4 is 11.3 Å². The molecular formula is C9H13F3N2S. The third kappa shape index (κ3) is 3.46. The van der Waals surface area contributed by atoms with Crippen LogP contribution in [0.2, 0.25) is 0 Å². The lowest BCUT2D eigenvalue weighted by Gasteiger charge is -2.19. The van der Waals surface area contributed by atoms with Crippen LogP contribution >= 0.6 is 11.3 Å². The van der Waals surface area contributed by atoms with Crippen LogP contribution in [0.1, 0.15) is 31.0 Å². The normalized spacial score (nSPS) is 16.4. The van der Waals surface area contributed by atoms with Crippen LogP contribution in [-0.4, -0.2) is 11.2 Å². The first-order valence-electron chi connectivity index (χ1n) is 4.55. The summed E-state index contributed by atoms with van der Waals surface area (Å²) in [6.45, 7) is 3.64. The Morgan fingerprint density at radius 2 is 2.07 bits per heavy atom. The number of nitrogens with two attached hydrogens (primary N) is 1. The molecule has 0 saturated carbocycles. The van der Waals surface area contributed by atoms with Crippen molar-refractivity contribution in [2.45, 2.75) is 38.4 Å². The van der Waals surface area contributed by atoms with Crippen LogP contribution in [-0.2, 0) is 12.0 Å². The molecule has 1 atom stereocenters. The van der Waals surface area contributed by atoms with E-state index in [-0.39, 0.29) is 5.01 Å². The maximum absolute atomic E-state index is 12.1. The second-order valence-electron chi connectivity index (χ2n) is 3.69. The summed E-state index contributed by atoms with van der Waals surface area (Å²) in [5.41, 5.74) is 5.78. The highest BCUT2D eigenvalue weighted by Gasteiger charge is 2.30. The Morgan fingerprint density at radius 1 is 1.47 bits per heavy atom. The molecule has 0 aromatic carbocycles. The molecule has 1 aromatic heterocycles. The number of hydrogen-bond donors (Lipinski definition) is 1. The zero-order valence-corrected chi connectivity index (χ0v) is 9.37. The van der Waals surface area contributed by atoms with Crippen LogP contribution in [0, 0.1) is 0 Å². The standard InChI is InChI=1S/C9H13F3N2S/c1-3-8(2,13)6-5-15-7(14-6)4-9(10,11)12/h5H,3-4,13H2,1-2H3. The molecule has 1 unspecified atom stereocenters. The van der Waals surface area contributed by atoms with Gasteiger partial charge in [-0.1, -0.05) is 6.92 Å². The van der Waals surface area contributed by atoms with Crippen LogP contribution in [0.5, 0.6) is 0 Å². The van der Waals surface area contributed by atoms with Gasteiger partial charge < -0.3 is 5.73 Å². The number of nitrogens with zero attached hydrogens (tertiary/aromatic N) is 1. The average Bonchev–Trinajstić information content (AvgIpc) is 2.50. The second kappa shape index (κ2) is 4.09. The predicted octanol–water partition coefficient (Wildman–Crippen LogP) is 2.83. The van der Waals surface area contributed by atoms with Crippen LogP contribution in [0.3, 0.4) is 0 Å². The van der Waals surface area contributed by atoms with Gasteiger partial charge in [0, 0.05) is 5.38 Å². The van der Waals surface area contributed by atoms with Gasteiger partial charge in [0.05, 0.1) is 17.7 Å². The third-order valence-corrected chi connectivity index (χ3v) is 3.07. The van der Waals surface area contributed by atoms with E-state index in [4.69, 9.17) is 5.73 Å². The molecule has 0 aliphatic carbocycles. The SMILES string of the molecule is CCC(C)(N)c1csc(CC(F)(F)F)n1. The van der Waals surface area contributed by atoms with E-state index < -0.39 is 18.1 Å². The molecule has 1 rings (SSSR count). The number of rotatable bonds is 3. The van der Waals surface area contributed by atoms with Gasteiger partial charge in [-0.2, -0.15) is 13.2 Å². The summed E-state index contributed by atoms with van der Waals surface area (Å²) in [7, 11) is 0. The summed E-state index contributed by atoms with van der Waals surface area (Å²) in [5, 5.41) is 1.67. The molecule has 2 N–H and O–H groups in total. The van der Waals surface area contributed by atoms with Crippen molar-refractivity contribution in [2.75, 3.05) is 0 Å². The molecule has 2 nitrogen and oxygen atoms in total. The monoisotopic (exact) mass is 238 g/mol. The number of thiazole rings is 1. The molecular weight excluding hydrogens is 225 g/mol. The Bertz CT molecular complexity index is 330. The Kier molecular flexibility index (Phi) is 3.40. The fourth-order valence-electron chi connectivity index (χ4n) is 1.01. The first-order valence-corrected chi connectivity index (χ1v) is 5.43. The minimum Gasteiger partial charge on any atom is -0.320 e. The molecule has 6 heteroatoms. The fraction of sp³-hybridized carbons (Fsp3) is 0.667. The summed E-state index contributed by atoms with van der Waals surface area (Å²) in [6, 6.07) is 0. The van der Waals surface area contributed by atoms with Gasteiger partial charge in [-0.15, -0.1) is 11.3 Å². The first kappa shape index (κ1) is 12.4. The van der Waals surface area contributed by atoms with Crippen molar-refractivity contribution in [2.24, 2.45) is 5.73 Å². The van der Waals surface area contributed by atoms with Gasteiger partial charge in [0.2, 0.25) is 0 Å². The molecule has 0 spiro atoms. The highest BCUT2D eigenvalue weighted by molar-refractivity contribution is 7.09. The Hall–Kier alpha value is -0.620. The van der Waals surface area contributed by atoms with Gasteiger partial charge >= 0.3 is 6.18 Å². The number of alkyl halides is 3. The smallest absolute Gasteiger partial charge is 0.320 e. The van der Waals surface area contributed by atoms with Gasteiger partial charge in [0.1, 0.15) is 5.01 Å². The Morgan fingerprint density at radius 3 is 2.53 bits per heavy atom. The predicted molar refractivity (Wildman–Crippen MR) is 53.7 cm³/mol. The van der Waals surface area contributed by atoms with E-state index in [2.05, 4.69) is 4.98 Å². The maximum atomic E-state index is 12.1. The van der Waals surface area contributed by atoms with Crippen molar-refractivity contribution in [3.8, 4) is 0 Å². The summed E-state index contributed by atoms with van der Waals surface area (Å²) >= 11 is 1.01. The van der Waals surface area contributed by atoms with Gasteiger partial charge in [-0.05, 0) is 13.3 Å². The van der Waals surface area contributed by atoms with E-state index >= 15 is 0 Å². The van der Waals surface area contributed by atoms with Gasteiger partial charge in [0.25, 0.3) is 0 Å². The highest BCUT2D eigenvalue weighted by Crippen LogP contribution is 2.27. The molecule has 1 aromatic rings. The van der Waals surface area contributed by atoms with E-state index in [0.29, 0.717) is 12.1 Å². The van der Waals surface area contributed by atoms with E-state index in [9.17, 15) is 13.2 Å². The highest BCUT2D eigenvalue weighted by atomic mass is 32.1. The largest absolute Gasteiger partial charge is 0.395 e. The van der Waals surface area contributed by atoms with Crippen molar-refractivity contribution in [3.63, 3.8) is 0 Å². The maximum Gasteiger partial charge on any atom is 0.395 e. The van der Waals surface area contributed by atoms with Crippen LogP contribution in [0.25, 0.3) is 0 Å². The van der Waals surface area contributed by atoms with Crippen molar-refractivity contribution in [1.82, 2.24) is 4.98 Å². The summed E-state index contributed by atoms with van der Waals surface area (Å²) in [4.78, 5) is 3.91. The van der Waals surface area contributed by atoms with Gasteiger partial charge in [-0.25, -0.2) is 4.98 Å². The molecule has 0 saturated heterocycles. The lowest BCUT2D eigenvalue weighted by molar-refractivity contribution is -0.127. The van der Waals surface area contributed by atoms with Gasteiger partial charge in [-0.3, -0.25) is 0 Å². The zero-order valence-electron chi connectivity index (χ0n) is 8.56. The van der Waals surface area contributed by atoms with Crippen LogP contribution in [0.4, 0.5) is 13.2 Å². The van der Waals surface area contributed by atoms with Crippen molar-refractivity contribution < 1.29 is 13.2 Å². The van der Waals surface area contributed by atoms with E-state index in [1.807, 2.05) is 6.92 Å². The topological polar surface area (TPSA) is 38.9 Å². The molecule has 0 aliphatic heterocycles. The number of aromatic nitrogens is 1. The van der Waals surface area contributed by atoms with E-state index in [1.165, 1.54) is 0 Å². The number of halogens is 3.